The molecule has 1 aromatic heterocycles. The summed E-state index contributed by atoms with van der Waals surface area (Å²) in [4.78, 5) is 2.64. The van der Waals surface area contributed by atoms with Crippen molar-refractivity contribution in [3.63, 3.8) is 0 Å². The summed E-state index contributed by atoms with van der Waals surface area (Å²) < 4.78 is 0. The van der Waals surface area contributed by atoms with Gasteiger partial charge in [-0.3, -0.25) is 0 Å². The van der Waals surface area contributed by atoms with Crippen molar-refractivity contribution < 1.29 is 0 Å². The minimum Gasteiger partial charge on any atom is -0.143 e. The SMILES string of the molecule is CCc1ccc(C(Cl)c2cccc(C)c2)s1. The van der Waals surface area contributed by atoms with Crippen LogP contribution in [0.5, 0.6) is 0 Å². The number of benzene rings is 1. The molecule has 2 heteroatoms. The average molecular weight is 251 g/mol. The van der Waals surface area contributed by atoms with Gasteiger partial charge < -0.3 is 0 Å². The van der Waals surface area contributed by atoms with Crippen LogP contribution < -0.4 is 0 Å². The van der Waals surface area contributed by atoms with Crippen LogP contribution in [-0.2, 0) is 6.42 Å². The topological polar surface area (TPSA) is 0 Å². The lowest BCUT2D eigenvalue weighted by Crippen LogP contribution is -1.90. The summed E-state index contributed by atoms with van der Waals surface area (Å²) in [6, 6.07) is 12.7. The molecule has 0 radical (unpaired) electrons. The molecule has 0 aliphatic carbocycles. The van der Waals surface area contributed by atoms with Gasteiger partial charge in [0.05, 0.1) is 5.38 Å². The molecule has 0 amide bonds. The van der Waals surface area contributed by atoms with Crippen molar-refractivity contribution in [3.05, 3.63) is 57.3 Å². The number of rotatable bonds is 3. The second-order valence-corrected chi connectivity index (χ2v) is 5.57. The molecule has 1 unspecified atom stereocenters. The highest BCUT2D eigenvalue weighted by molar-refractivity contribution is 7.12. The maximum atomic E-state index is 6.48. The van der Waals surface area contributed by atoms with Crippen molar-refractivity contribution in [2.75, 3.05) is 0 Å². The third-order valence-corrected chi connectivity index (χ3v) is 4.53. The first-order valence-corrected chi connectivity index (χ1v) is 6.75. The summed E-state index contributed by atoms with van der Waals surface area (Å²) in [5.74, 6) is 0. The Bertz CT molecular complexity index is 473. The van der Waals surface area contributed by atoms with Gasteiger partial charge in [-0.05, 0) is 31.0 Å². The minimum atomic E-state index is -0.00907. The van der Waals surface area contributed by atoms with Crippen molar-refractivity contribution in [1.29, 1.82) is 0 Å². The van der Waals surface area contributed by atoms with Crippen molar-refractivity contribution in [2.24, 2.45) is 0 Å². The van der Waals surface area contributed by atoms with Gasteiger partial charge in [0.1, 0.15) is 0 Å². The van der Waals surface area contributed by atoms with E-state index >= 15 is 0 Å². The number of thiophene rings is 1. The van der Waals surface area contributed by atoms with Gasteiger partial charge in [0, 0.05) is 9.75 Å². The Hall–Kier alpha value is -0.790. The second kappa shape index (κ2) is 5.03. The third-order valence-electron chi connectivity index (χ3n) is 2.62. The van der Waals surface area contributed by atoms with Gasteiger partial charge in [0.25, 0.3) is 0 Å². The standard InChI is InChI=1S/C14H15ClS/c1-3-12-7-8-13(16-12)14(15)11-6-4-5-10(2)9-11/h4-9,14H,3H2,1-2H3. The predicted octanol–water partition coefficient (Wildman–Crippen LogP) is 4.95. The molecule has 0 aliphatic heterocycles. The van der Waals surface area contributed by atoms with Crippen molar-refractivity contribution in [1.82, 2.24) is 0 Å². The second-order valence-electron chi connectivity index (χ2n) is 3.93. The molecule has 0 N–H and O–H groups in total. The number of aryl methyl sites for hydroxylation is 2. The van der Waals surface area contributed by atoms with Gasteiger partial charge in [-0.25, -0.2) is 0 Å². The summed E-state index contributed by atoms with van der Waals surface area (Å²) in [6.45, 7) is 4.27. The molecule has 16 heavy (non-hydrogen) atoms. The first-order chi connectivity index (χ1) is 7.70. The number of hydrogen-bond donors (Lipinski definition) is 0. The van der Waals surface area contributed by atoms with E-state index in [1.54, 1.807) is 0 Å². The summed E-state index contributed by atoms with van der Waals surface area (Å²) in [5, 5.41) is -0.00907. The van der Waals surface area contributed by atoms with Crippen LogP contribution >= 0.6 is 22.9 Å². The van der Waals surface area contributed by atoms with E-state index < -0.39 is 0 Å². The van der Waals surface area contributed by atoms with Crippen LogP contribution in [0.1, 0.15) is 33.2 Å². The van der Waals surface area contributed by atoms with Gasteiger partial charge in [-0.15, -0.1) is 22.9 Å². The highest BCUT2D eigenvalue weighted by Crippen LogP contribution is 2.34. The first-order valence-electron chi connectivity index (χ1n) is 5.50. The van der Waals surface area contributed by atoms with Gasteiger partial charge in [0.2, 0.25) is 0 Å². The fourth-order valence-electron chi connectivity index (χ4n) is 1.71. The third kappa shape index (κ3) is 2.47. The Morgan fingerprint density at radius 3 is 2.69 bits per heavy atom. The smallest absolute Gasteiger partial charge is 0.0927 e. The van der Waals surface area contributed by atoms with Crippen molar-refractivity contribution >= 4 is 22.9 Å². The Kier molecular flexibility index (Phi) is 3.67. The van der Waals surface area contributed by atoms with E-state index in [4.69, 9.17) is 11.6 Å². The van der Waals surface area contributed by atoms with E-state index in [1.165, 1.54) is 20.9 Å². The zero-order valence-electron chi connectivity index (χ0n) is 9.53. The Labute approximate surface area is 106 Å². The number of alkyl halides is 1. The molecule has 0 bridgehead atoms. The maximum Gasteiger partial charge on any atom is 0.0927 e. The predicted molar refractivity (Wildman–Crippen MR) is 72.6 cm³/mol. The van der Waals surface area contributed by atoms with Crippen molar-refractivity contribution in [2.45, 2.75) is 25.6 Å². The molecule has 0 aliphatic rings. The first kappa shape index (κ1) is 11.7. The van der Waals surface area contributed by atoms with Gasteiger partial charge in [0.15, 0.2) is 0 Å². The highest BCUT2D eigenvalue weighted by atomic mass is 35.5. The lowest BCUT2D eigenvalue weighted by atomic mass is 10.1. The molecule has 1 aromatic carbocycles. The van der Waals surface area contributed by atoms with Crippen LogP contribution in [0, 0.1) is 6.92 Å². The zero-order chi connectivity index (χ0) is 11.5. The van der Waals surface area contributed by atoms with Crippen molar-refractivity contribution in [3.8, 4) is 0 Å². The molecule has 0 saturated carbocycles. The molecular weight excluding hydrogens is 236 g/mol. The van der Waals surface area contributed by atoms with E-state index in [2.05, 4.69) is 50.2 Å². The van der Waals surface area contributed by atoms with Gasteiger partial charge in [-0.2, -0.15) is 0 Å². The molecule has 1 atom stereocenters. The van der Waals surface area contributed by atoms with Gasteiger partial charge >= 0.3 is 0 Å². The fourth-order valence-corrected chi connectivity index (χ4v) is 3.01. The molecule has 2 aromatic rings. The van der Waals surface area contributed by atoms with Crippen LogP contribution in [0.4, 0.5) is 0 Å². The Balaban J connectivity index is 2.27. The normalized spacial score (nSPS) is 12.7. The lowest BCUT2D eigenvalue weighted by molar-refractivity contribution is 1.17. The molecule has 1 heterocycles. The molecule has 0 spiro atoms. The molecule has 0 nitrogen and oxygen atoms in total. The fraction of sp³-hybridized carbons (Fsp3) is 0.286. The zero-order valence-corrected chi connectivity index (χ0v) is 11.1. The van der Waals surface area contributed by atoms with E-state index in [9.17, 15) is 0 Å². The monoisotopic (exact) mass is 250 g/mol. The van der Waals surface area contributed by atoms with E-state index in [0.717, 1.165) is 6.42 Å². The minimum absolute atomic E-state index is 0.00907. The van der Waals surface area contributed by atoms with Crippen LogP contribution in [0.2, 0.25) is 0 Å². The molecule has 0 saturated heterocycles. The van der Waals surface area contributed by atoms with Crippen LogP contribution in [0.3, 0.4) is 0 Å². The quantitative estimate of drug-likeness (QED) is 0.677. The molecule has 0 fully saturated rings. The van der Waals surface area contributed by atoms with E-state index in [1.807, 2.05) is 11.3 Å². The van der Waals surface area contributed by atoms with Crippen LogP contribution in [0.15, 0.2) is 36.4 Å². The number of hydrogen-bond acceptors (Lipinski definition) is 1. The Morgan fingerprint density at radius 1 is 1.25 bits per heavy atom. The van der Waals surface area contributed by atoms with E-state index in [0.29, 0.717) is 0 Å². The largest absolute Gasteiger partial charge is 0.143 e. The Morgan fingerprint density at radius 2 is 2.06 bits per heavy atom. The molecule has 84 valence electrons. The maximum absolute atomic E-state index is 6.48. The highest BCUT2D eigenvalue weighted by Gasteiger charge is 2.12. The van der Waals surface area contributed by atoms with E-state index in [-0.39, 0.29) is 5.38 Å². The summed E-state index contributed by atoms with van der Waals surface area (Å²) in [5.41, 5.74) is 2.45. The summed E-state index contributed by atoms with van der Waals surface area (Å²) in [7, 11) is 0. The van der Waals surface area contributed by atoms with Crippen LogP contribution in [0.25, 0.3) is 0 Å². The summed E-state index contributed by atoms with van der Waals surface area (Å²) in [6.07, 6.45) is 1.09. The lowest BCUT2D eigenvalue weighted by Gasteiger charge is -2.08. The van der Waals surface area contributed by atoms with Crippen LogP contribution in [-0.4, -0.2) is 0 Å². The number of halogens is 1. The average Bonchev–Trinajstić information content (AvgIpc) is 2.76. The summed E-state index contributed by atoms with van der Waals surface area (Å²) >= 11 is 8.29. The van der Waals surface area contributed by atoms with Gasteiger partial charge in [-0.1, -0.05) is 36.8 Å². The molecular formula is C14H15ClS. The molecule has 2 rings (SSSR count).